The molecule has 0 saturated carbocycles. The Labute approximate surface area is 108 Å². The van der Waals surface area contributed by atoms with E-state index in [0.717, 1.165) is 22.3 Å². The van der Waals surface area contributed by atoms with Crippen molar-refractivity contribution in [1.82, 2.24) is 14.4 Å². The van der Waals surface area contributed by atoms with Crippen molar-refractivity contribution in [2.75, 3.05) is 0 Å². The standard InChI is InChI=1S/C14H10N4O/c1-9-4-13-16-2-3-18(13)8-12(9)11-5-10(6-15)14(19)17-7-11/h2-5,7-8H,1H3,(H,17,19). The predicted molar refractivity (Wildman–Crippen MR) is 70.7 cm³/mol. The quantitative estimate of drug-likeness (QED) is 0.716. The van der Waals surface area contributed by atoms with Gasteiger partial charge in [0.2, 0.25) is 0 Å². The molecule has 0 atom stereocenters. The number of hydrogen-bond acceptors (Lipinski definition) is 3. The summed E-state index contributed by atoms with van der Waals surface area (Å²) in [6, 6.07) is 5.46. The van der Waals surface area contributed by atoms with Gasteiger partial charge >= 0.3 is 0 Å². The van der Waals surface area contributed by atoms with Crippen molar-refractivity contribution >= 4 is 5.65 Å². The van der Waals surface area contributed by atoms with Crippen molar-refractivity contribution in [3.8, 4) is 17.2 Å². The molecule has 0 bridgehead atoms. The minimum Gasteiger partial charge on any atom is -0.327 e. The number of hydrogen-bond donors (Lipinski definition) is 1. The third-order valence-electron chi connectivity index (χ3n) is 3.07. The summed E-state index contributed by atoms with van der Waals surface area (Å²) in [5.74, 6) is 0. The van der Waals surface area contributed by atoms with Crippen LogP contribution in [0.4, 0.5) is 0 Å². The number of nitriles is 1. The lowest BCUT2D eigenvalue weighted by atomic mass is 10.0. The molecule has 0 aromatic carbocycles. The molecule has 5 heteroatoms. The van der Waals surface area contributed by atoms with Gasteiger partial charge in [-0.1, -0.05) is 0 Å². The SMILES string of the molecule is Cc1cc2nccn2cc1-c1c[nH]c(=O)c(C#N)c1. The van der Waals surface area contributed by atoms with Crippen LogP contribution in [-0.2, 0) is 0 Å². The van der Waals surface area contributed by atoms with Crippen LogP contribution in [0.1, 0.15) is 11.1 Å². The molecule has 92 valence electrons. The third kappa shape index (κ3) is 1.79. The normalized spacial score (nSPS) is 10.5. The van der Waals surface area contributed by atoms with Crippen LogP contribution >= 0.6 is 0 Å². The summed E-state index contributed by atoms with van der Waals surface area (Å²) in [6.07, 6.45) is 7.14. The summed E-state index contributed by atoms with van der Waals surface area (Å²) >= 11 is 0. The summed E-state index contributed by atoms with van der Waals surface area (Å²) in [4.78, 5) is 18.2. The number of rotatable bonds is 1. The molecule has 1 N–H and O–H groups in total. The maximum atomic E-state index is 11.4. The number of nitrogens with zero attached hydrogens (tertiary/aromatic N) is 3. The Bertz CT molecular complexity index is 867. The van der Waals surface area contributed by atoms with Crippen LogP contribution in [0.5, 0.6) is 0 Å². The van der Waals surface area contributed by atoms with Crippen molar-refractivity contribution in [3.63, 3.8) is 0 Å². The molecule has 0 aliphatic heterocycles. The first kappa shape index (κ1) is 11.2. The molecule has 0 amide bonds. The second-order valence-corrected chi connectivity index (χ2v) is 4.31. The maximum absolute atomic E-state index is 11.4. The molecule has 19 heavy (non-hydrogen) atoms. The lowest BCUT2D eigenvalue weighted by molar-refractivity contribution is 1.16. The Morgan fingerprint density at radius 2 is 2.26 bits per heavy atom. The van der Waals surface area contributed by atoms with Crippen LogP contribution in [0, 0.1) is 18.3 Å². The highest BCUT2D eigenvalue weighted by Crippen LogP contribution is 2.23. The average Bonchev–Trinajstić information content (AvgIpc) is 2.85. The van der Waals surface area contributed by atoms with Gasteiger partial charge in [-0.15, -0.1) is 0 Å². The highest BCUT2D eigenvalue weighted by Gasteiger charge is 2.07. The van der Waals surface area contributed by atoms with Gasteiger partial charge in [0.25, 0.3) is 5.56 Å². The molecule has 0 aliphatic carbocycles. The third-order valence-corrected chi connectivity index (χ3v) is 3.07. The zero-order valence-electron chi connectivity index (χ0n) is 10.2. The fourth-order valence-electron chi connectivity index (χ4n) is 2.08. The average molecular weight is 250 g/mol. The number of imidazole rings is 1. The first-order valence-electron chi connectivity index (χ1n) is 5.75. The summed E-state index contributed by atoms with van der Waals surface area (Å²) in [7, 11) is 0. The fourth-order valence-corrected chi connectivity index (χ4v) is 2.08. The van der Waals surface area contributed by atoms with E-state index >= 15 is 0 Å². The first-order valence-corrected chi connectivity index (χ1v) is 5.75. The van der Waals surface area contributed by atoms with Crippen LogP contribution < -0.4 is 5.56 Å². The Morgan fingerprint density at radius 1 is 1.42 bits per heavy atom. The lowest BCUT2D eigenvalue weighted by Gasteiger charge is -2.07. The van der Waals surface area contributed by atoms with Crippen molar-refractivity contribution in [3.05, 3.63) is 58.4 Å². The van der Waals surface area contributed by atoms with E-state index in [1.165, 1.54) is 0 Å². The number of H-pyrrole nitrogens is 1. The van der Waals surface area contributed by atoms with Crippen LogP contribution in [0.2, 0.25) is 0 Å². The maximum Gasteiger partial charge on any atom is 0.265 e. The van der Waals surface area contributed by atoms with Crippen LogP contribution in [0.15, 0.2) is 41.7 Å². The number of aromatic amines is 1. The second-order valence-electron chi connectivity index (χ2n) is 4.31. The molecule has 3 heterocycles. The summed E-state index contributed by atoms with van der Waals surface area (Å²) in [5, 5.41) is 8.91. The summed E-state index contributed by atoms with van der Waals surface area (Å²) in [6.45, 7) is 1.97. The Kier molecular flexibility index (Phi) is 2.43. The van der Waals surface area contributed by atoms with Crippen molar-refractivity contribution in [1.29, 1.82) is 5.26 Å². The summed E-state index contributed by atoms with van der Waals surface area (Å²) < 4.78 is 1.90. The fraction of sp³-hybridized carbons (Fsp3) is 0.0714. The van der Waals surface area contributed by atoms with Gasteiger partial charge in [-0.25, -0.2) is 4.98 Å². The number of fused-ring (bicyclic) bond motifs is 1. The highest BCUT2D eigenvalue weighted by molar-refractivity contribution is 5.69. The molecule has 3 aromatic heterocycles. The van der Waals surface area contributed by atoms with E-state index in [2.05, 4.69) is 9.97 Å². The zero-order chi connectivity index (χ0) is 13.4. The van der Waals surface area contributed by atoms with Gasteiger partial charge in [0.1, 0.15) is 17.3 Å². The molecule has 0 fully saturated rings. The van der Waals surface area contributed by atoms with Crippen molar-refractivity contribution in [2.24, 2.45) is 0 Å². The van der Waals surface area contributed by atoms with Crippen molar-refractivity contribution < 1.29 is 0 Å². The molecule has 0 saturated heterocycles. The van der Waals surface area contributed by atoms with Crippen LogP contribution in [0.25, 0.3) is 16.8 Å². The number of aromatic nitrogens is 3. The minimum atomic E-state index is -0.368. The topological polar surface area (TPSA) is 74.0 Å². The molecule has 3 rings (SSSR count). The smallest absolute Gasteiger partial charge is 0.265 e. The number of nitrogens with one attached hydrogen (secondary N) is 1. The van der Waals surface area contributed by atoms with Gasteiger partial charge in [-0.3, -0.25) is 4.79 Å². The van der Waals surface area contributed by atoms with Crippen LogP contribution in [-0.4, -0.2) is 14.4 Å². The Morgan fingerprint density at radius 3 is 3.05 bits per heavy atom. The zero-order valence-corrected chi connectivity index (χ0v) is 10.2. The van der Waals surface area contributed by atoms with Gasteiger partial charge in [-0.2, -0.15) is 5.26 Å². The van der Waals surface area contributed by atoms with Gasteiger partial charge < -0.3 is 9.38 Å². The van der Waals surface area contributed by atoms with E-state index in [9.17, 15) is 4.79 Å². The van der Waals surface area contributed by atoms with Gasteiger partial charge in [0.05, 0.1) is 0 Å². The molecule has 0 spiro atoms. The molecule has 0 radical (unpaired) electrons. The van der Waals surface area contributed by atoms with E-state index in [-0.39, 0.29) is 11.1 Å². The highest BCUT2D eigenvalue weighted by atomic mass is 16.1. The summed E-state index contributed by atoms with van der Waals surface area (Å²) in [5.41, 5.74) is 3.42. The van der Waals surface area contributed by atoms with Gasteiger partial charge in [0.15, 0.2) is 0 Å². The molecule has 0 unspecified atom stereocenters. The largest absolute Gasteiger partial charge is 0.327 e. The van der Waals surface area contributed by atoms with E-state index in [0.29, 0.717) is 0 Å². The number of aryl methyl sites for hydroxylation is 1. The van der Waals surface area contributed by atoms with E-state index in [4.69, 9.17) is 5.26 Å². The first-order chi connectivity index (χ1) is 9.19. The van der Waals surface area contributed by atoms with Gasteiger partial charge in [-0.05, 0) is 24.6 Å². The lowest BCUT2D eigenvalue weighted by Crippen LogP contribution is -2.09. The van der Waals surface area contributed by atoms with Crippen molar-refractivity contribution in [2.45, 2.75) is 6.92 Å². The van der Waals surface area contributed by atoms with Crippen LogP contribution in [0.3, 0.4) is 0 Å². The predicted octanol–water partition coefficient (Wildman–Crippen LogP) is 1.87. The molecular weight excluding hydrogens is 240 g/mol. The molecule has 3 aromatic rings. The second kappa shape index (κ2) is 4.10. The van der Waals surface area contributed by atoms with E-state index in [1.807, 2.05) is 35.9 Å². The van der Waals surface area contributed by atoms with Gasteiger partial charge in [0, 0.05) is 35.9 Å². The molecule has 5 nitrogen and oxygen atoms in total. The molecular formula is C14H10N4O. The Balaban J connectivity index is 2.26. The Hall–Kier alpha value is -2.87. The number of pyridine rings is 2. The monoisotopic (exact) mass is 250 g/mol. The van der Waals surface area contributed by atoms with E-state index in [1.54, 1.807) is 18.5 Å². The molecule has 0 aliphatic rings. The van der Waals surface area contributed by atoms with E-state index < -0.39 is 0 Å². The minimum absolute atomic E-state index is 0.114.